The highest BCUT2D eigenvalue weighted by atomic mass is 15.2. The second kappa shape index (κ2) is 11.1. The molecule has 2 fully saturated rings. The zero-order chi connectivity index (χ0) is 18.8. The first kappa shape index (κ1) is 21.5. The van der Waals surface area contributed by atoms with Crippen molar-refractivity contribution in [2.45, 2.75) is 58.8 Å². The van der Waals surface area contributed by atoms with E-state index < -0.39 is 0 Å². The Bertz CT molecular complexity index is 407. The van der Waals surface area contributed by atoms with Gasteiger partial charge in [0.25, 0.3) is 0 Å². The summed E-state index contributed by atoms with van der Waals surface area (Å²) < 4.78 is 0. The zero-order valence-electron chi connectivity index (χ0n) is 17.8. The summed E-state index contributed by atoms with van der Waals surface area (Å²) in [4.78, 5) is 9.45. The maximum Gasteiger partial charge on any atom is 0.190 e. The van der Waals surface area contributed by atoms with E-state index in [1.807, 2.05) is 7.05 Å². The number of rotatable bonds is 9. The lowest BCUT2D eigenvalue weighted by Crippen LogP contribution is -2.45. The van der Waals surface area contributed by atoms with E-state index in [1.165, 1.54) is 77.7 Å². The van der Waals surface area contributed by atoms with Gasteiger partial charge in [-0.25, -0.2) is 0 Å². The first-order chi connectivity index (χ1) is 12.5. The summed E-state index contributed by atoms with van der Waals surface area (Å²) in [5.41, 5.74) is 0.493. The molecule has 0 aromatic rings. The molecule has 0 aromatic carbocycles. The highest BCUT2D eigenvalue weighted by Gasteiger charge is 2.34. The van der Waals surface area contributed by atoms with Gasteiger partial charge in [0, 0.05) is 46.3 Å². The number of unbranched alkanes of at least 4 members (excludes halogenated alkanes) is 1. The molecule has 1 saturated carbocycles. The largest absolute Gasteiger partial charge is 0.356 e. The van der Waals surface area contributed by atoms with E-state index in [9.17, 15) is 0 Å². The quantitative estimate of drug-likeness (QED) is 0.375. The van der Waals surface area contributed by atoms with Crippen molar-refractivity contribution in [3.8, 4) is 0 Å². The summed E-state index contributed by atoms with van der Waals surface area (Å²) in [5.74, 6) is 1.76. The van der Waals surface area contributed by atoms with E-state index in [2.05, 4.69) is 46.3 Å². The lowest BCUT2D eigenvalue weighted by molar-refractivity contribution is 0.152. The van der Waals surface area contributed by atoms with Crippen LogP contribution >= 0.6 is 0 Å². The topological polar surface area (TPSA) is 42.9 Å². The molecule has 152 valence electrons. The van der Waals surface area contributed by atoms with Crippen LogP contribution in [0.3, 0.4) is 0 Å². The molecule has 5 heteroatoms. The van der Waals surface area contributed by atoms with Gasteiger partial charge in [-0.1, -0.05) is 26.7 Å². The van der Waals surface area contributed by atoms with E-state index >= 15 is 0 Å². The minimum atomic E-state index is 0.493. The van der Waals surface area contributed by atoms with Crippen LogP contribution in [0, 0.1) is 11.3 Å². The third-order valence-corrected chi connectivity index (χ3v) is 6.15. The summed E-state index contributed by atoms with van der Waals surface area (Å²) in [6.45, 7) is 12.9. The van der Waals surface area contributed by atoms with Gasteiger partial charge in [-0.05, 0) is 57.0 Å². The average Bonchev–Trinajstić information content (AvgIpc) is 3.07. The van der Waals surface area contributed by atoms with E-state index in [1.54, 1.807) is 0 Å². The van der Waals surface area contributed by atoms with Gasteiger partial charge in [-0.2, -0.15) is 0 Å². The number of hydrogen-bond acceptors (Lipinski definition) is 3. The Morgan fingerprint density at radius 2 is 1.73 bits per heavy atom. The van der Waals surface area contributed by atoms with Gasteiger partial charge >= 0.3 is 0 Å². The monoisotopic (exact) mass is 365 g/mol. The first-order valence-corrected chi connectivity index (χ1v) is 10.9. The van der Waals surface area contributed by atoms with Crippen LogP contribution in [-0.4, -0.2) is 75.7 Å². The van der Waals surface area contributed by atoms with Crippen molar-refractivity contribution in [1.82, 2.24) is 20.4 Å². The maximum absolute atomic E-state index is 4.43. The van der Waals surface area contributed by atoms with Crippen LogP contribution in [0.4, 0.5) is 0 Å². The van der Waals surface area contributed by atoms with Crippen LogP contribution in [0.15, 0.2) is 4.99 Å². The fraction of sp³-hybridized carbons (Fsp3) is 0.952. The summed E-state index contributed by atoms with van der Waals surface area (Å²) in [7, 11) is 4.11. The molecule has 1 saturated heterocycles. The van der Waals surface area contributed by atoms with Crippen molar-refractivity contribution in [2.24, 2.45) is 16.3 Å². The second-order valence-corrected chi connectivity index (χ2v) is 9.01. The molecule has 0 bridgehead atoms. The molecule has 1 aliphatic carbocycles. The molecule has 26 heavy (non-hydrogen) atoms. The van der Waals surface area contributed by atoms with Crippen LogP contribution in [0.5, 0.6) is 0 Å². The maximum atomic E-state index is 4.43. The Kier molecular flexibility index (Phi) is 9.20. The number of guanidine groups is 1. The number of nitrogens with one attached hydrogen (secondary N) is 2. The molecule has 1 aliphatic heterocycles. The Hall–Kier alpha value is -0.810. The minimum Gasteiger partial charge on any atom is -0.356 e. The van der Waals surface area contributed by atoms with Crippen LogP contribution < -0.4 is 10.6 Å². The third kappa shape index (κ3) is 7.43. The van der Waals surface area contributed by atoms with Crippen molar-refractivity contribution < 1.29 is 0 Å². The van der Waals surface area contributed by atoms with Gasteiger partial charge in [-0.15, -0.1) is 0 Å². The van der Waals surface area contributed by atoms with Crippen molar-refractivity contribution in [2.75, 3.05) is 59.9 Å². The number of hydrogen-bond donors (Lipinski definition) is 2. The predicted octanol–water partition coefficient (Wildman–Crippen LogP) is 2.79. The number of nitrogens with zero attached hydrogens (tertiary/aromatic N) is 3. The highest BCUT2D eigenvalue weighted by molar-refractivity contribution is 5.79. The highest BCUT2D eigenvalue weighted by Crippen LogP contribution is 2.42. The molecule has 0 aromatic heterocycles. The molecule has 0 atom stereocenters. The summed E-state index contributed by atoms with van der Waals surface area (Å²) >= 11 is 0. The zero-order valence-corrected chi connectivity index (χ0v) is 17.8. The third-order valence-electron chi connectivity index (χ3n) is 6.15. The van der Waals surface area contributed by atoms with Crippen LogP contribution in [0.1, 0.15) is 58.8 Å². The second-order valence-electron chi connectivity index (χ2n) is 9.01. The number of likely N-dealkylation sites (N-methyl/N-ethyl adjacent to an activating group) is 1. The number of piperazine rings is 1. The molecule has 0 radical (unpaired) electrons. The molecule has 2 aliphatic rings. The summed E-state index contributed by atoms with van der Waals surface area (Å²) in [6, 6.07) is 0. The summed E-state index contributed by atoms with van der Waals surface area (Å²) in [6.07, 6.45) is 9.36. The SMILES string of the molecule is CN=C(NCCCCN1CCN(C)CC1)NCC1(CC(C)C)CCCC1. The predicted molar refractivity (Wildman–Crippen MR) is 113 cm³/mol. The molecule has 0 unspecified atom stereocenters. The molecule has 2 rings (SSSR count). The van der Waals surface area contributed by atoms with Gasteiger partial charge in [0.1, 0.15) is 0 Å². The fourth-order valence-corrected chi connectivity index (χ4v) is 4.67. The van der Waals surface area contributed by atoms with Gasteiger partial charge in [-0.3, -0.25) is 4.99 Å². The minimum absolute atomic E-state index is 0.493. The molecular formula is C21H43N5. The lowest BCUT2D eigenvalue weighted by Gasteiger charge is -2.32. The van der Waals surface area contributed by atoms with Crippen molar-refractivity contribution in [3.63, 3.8) is 0 Å². The van der Waals surface area contributed by atoms with E-state index in [0.717, 1.165) is 25.0 Å². The van der Waals surface area contributed by atoms with E-state index in [4.69, 9.17) is 0 Å². The van der Waals surface area contributed by atoms with Crippen LogP contribution in [0.2, 0.25) is 0 Å². The van der Waals surface area contributed by atoms with Crippen LogP contribution in [-0.2, 0) is 0 Å². The molecule has 5 nitrogen and oxygen atoms in total. The van der Waals surface area contributed by atoms with Crippen molar-refractivity contribution in [3.05, 3.63) is 0 Å². The van der Waals surface area contributed by atoms with Gasteiger partial charge in [0.2, 0.25) is 0 Å². The fourth-order valence-electron chi connectivity index (χ4n) is 4.67. The molecule has 0 spiro atoms. The smallest absolute Gasteiger partial charge is 0.190 e. The lowest BCUT2D eigenvalue weighted by atomic mass is 9.78. The molecule has 2 N–H and O–H groups in total. The molecule has 0 amide bonds. The average molecular weight is 366 g/mol. The molecule has 1 heterocycles. The Morgan fingerprint density at radius 1 is 1.04 bits per heavy atom. The first-order valence-electron chi connectivity index (χ1n) is 10.9. The Labute approximate surface area is 162 Å². The number of aliphatic imine (C=N–C) groups is 1. The Morgan fingerprint density at radius 3 is 2.35 bits per heavy atom. The van der Waals surface area contributed by atoms with E-state index in [0.29, 0.717) is 5.41 Å². The van der Waals surface area contributed by atoms with Gasteiger partial charge in [0.15, 0.2) is 5.96 Å². The standard InChI is InChI=1S/C21H43N5/c1-19(2)17-21(9-5-6-10-21)18-24-20(22-3)23-11-7-8-12-26-15-13-25(4)14-16-26/h19H,5-18H2,1-4H3,(H2,22,23,24). The van der Waals surface area contributed by atoms with Crippen molar-refractivity contribution >= 4 is 5.96 Å². The van der Waals surface area contributed by atoms with E-state index in [-0.39, 0.29) is 0 Å². The van der Waals surface area contributed by atoms with Crippen LogP contribution in [0.25, 0.3) is 0 Å². The van der Waals surface area contributed by atoms with Crippen molar-refractivity contribution in [1.29, 1.82) is 0 Å². The van der Waals surface area contributed by atoms with Gasteiger partial charge < -0.3 is 20.4 Å². The summed E-state index contributed by atoms with van der Waals surface area (Å²) in [5, 5.41) is 7.15. The van der Waals surface area contributed by atoms with Gasteiger partial charge in [0.05, 0.1) is 0 Å². The Balaban J connectivity index is 1.60. The normalized spacial score (nSPS) is 22.1. The molecular weight excluding hydrogens is 322 g/mol.